The number of aliphatic hydroxyl groups excluding tert-OH is 1. The highest BCUT2D eigenvalue weighted by Crippen LogP contribution is 2.10. The molecular formula is C15H24N4O. The van der Waals surface area contributed by atoms with E-state index in [9.17, 15) is 0 Å². The molecule has 1 heterocycles. The summed E-state index contributed by atoms with van der Waals surface area (Å²) in [6, 6.07) is 7.92. The molecule has 0 saturated carbocycles. The SMILES string of the molecule is N=C(N)c1ccc(CN2CCCN(CCO)CC2)cc1. The summed E-state index contributed by atoms with van der Waals surface area (Å²) < 4.78 is 0. The quantitative estimate of drug-likeness (QED) is 0.540. The van der Waals surface area contributed by atoms with Crippen LogP contribution in [0.15, 0.2) is 24.3 Å². The first-order valence-corrected chi connectivity index (χ1v) is 7.18. The number of nitrogens with one attached hydrogen (secondary N) is 1. The predicted molar refractivity (Wildman–Crippen MR) is 80.9 cm³/mol. The zero-order chi connectivity index (χ0) is 14.4. The number of β-amino-alcohol motifs (C(OH)–C–C–N with tert-alkyl or cyclic N) is 1. The molecule has 0 radical (unpaired) electrons. The second-order valence-corrected chi connectivity index (χ2v) is 5.31. The Kier molecular flexibility index (Phi) is 5.52. The Morgan fingerprint density at radius 3 is 2.40 bits per heavy atom. The van der Waals surface area contributed by atoms with Gasteiger partial charge in [-0.3, -0.25) is 15.2 Å². The van der Waals surface area contributed by atoms with Gasteiger partial charge in [-0.05, 0) is 25.1 Å². The maximum Gasteiger partial charge on any atom is 0.122 e. The minimum Gasteiger partial charge on any atom is -0.395 e. The zero-order valence-corrected chi connectivity index (χ0v) is 11.9. The Labute approximate surface area is 120 Å². The molecule has 1 saturated heterocycles. The number of hydrogen-bond acceptors (Lipinski definition) is 4. The monoisotopic (exact) mass is 276 g/mol. The van der Waals surface area contributed by atoms with E-state index in [1.807, 2.05) is 24.3 Å². The van der Waals surface area contributed by atoms with Gasteiger partial charge in [0.25, 0.3) is 0 Å². The van der Waals surface area contributed by atoms with Crippen LogP contribution in [0.2, 0.25) is 0 Å². The highest BCUT2D eigenvalue weighted by Gasteiger charge is 2.14. The zero-order valence-electron chi connectivity index (χ0n) is 11.9. The standard InChI is InChI=1S/C15H24N4O/c16-15(17)14-4-2-13(3-5-14)12-19-7-1-6-18(8-9-19)10-11-20/h2-5,20H,1,6-12H2,(H3,16,17). The number of nitrogens with two attached hydrogens (primary N) is 1. The smallest absolute Gasteiger partial charge is 0.122 e. The van der Waals surface area contributed by atoms with Crippen LogP contribution in [0.3, 0.4) is 0 Å². The lowest BCUT2D eigenvalue weighted by molar-refractivity contribution is 0.196. The summed E-state index contributed by atoms with van der Waals surface area (Å²) in [4.78, 5) is 4.76. The van der Waals surface area contributed by atoms with Crippen LogP contribution in [0.25, 0.3) is 0 Å². The fraction of sp³-hybridized carbons (Fsp3) is 0.533. The fourth-order valence-electron chi connectivity index (χ4n) is 2.60. The average molecular weight is 276 g/mol. The van der Waals surface area contributed by atoms with Gasteiger partial charge in [-0.1, -0.05) is 24.3 Å². The van der Waals surface area contributed by atoms with E-state index < -0.39 is 0 Å². The van der Waals surface area contributed by atoms with Crippen LogP contribution in [0.1, 0.15) is 17.5 Å². The molecule has 5 nitrogen and oxygen atoms in total. The molecular weight excluding hydrogens is 252 g/mol. The van der Waals surface area contributed by atoms with E-state index in [1.54, 1.807) is 0 Å². The van der Waals surface area contributed by atoms with Gasteiger partial charge >= 0.3 is 0 Å². The van der Waals surface area contributed by atoms with Gasteiger partial charge in [-0.2, -0.15) is 0 Å². The number of amidine groups is 1. The van der Waals surface area contributed by atoms with Crippen molar-refractivity contribution in [2.45, 2.75) is 13.0 Å². The lowest BCUT2D eigenvalue weighted by Crippen LogP contribution is -2.32. The number of nitrogens with zero attached hydrogens (tertiary/aromatic N) is 2. The molecule has 2 rings (SSSR count). The highest BCUT2D eigenvalue weighted by atomic mass is 16.3. The van der Waals surface area contributed by atoms with Crippen molar-refractivity contribution in [2.24, 2.45) is 5.73 Å². The first-order valence-electron chi connectivity index (χ1n) is 7.18. The number of rotatable bonds is 5. The van der Waals surface area contributed by atoms with E-state index >= 15 is 0 Å². The Morgan fingerprint density at radius 1 is 1.10 bits per heavy atom. The molecule has 0 atom stereocenters. The minimum absolute atomic E-state index is 0.117. The van der Waals surface area contributed by atoms with Crippen molar-refractivity contribution in [2.75, 3.05) is 39.3 Å². The summed E-state index contributed by atoms with van der Waals surface area (Å²) in [5.41, 5.74) is 7.49. The molecule has 0 bridgehead atoms. The topological polar surface area (TPSA) is 76.6 Å². The number of benzene rings is 1. The Bertz CT molecular complexity index is 432. The molecule has 5 heteroatoms. The second-order valence-electron chi connectivity index (χ2n) is 5.31. The van der Waals surface area contributed by atoms with Gasteiger partial charge in [-0.15, -0.1) is 0 Å². The molecule has 0 spiro atoms. The van der Waals surface area contributed by atoms with Crippen molar-refractivity contribution in [3.8, 4) is 0 Å². The first kappa shape index (κ1) is 15.0. The summed E-state index contributed by atoms with van der Waals surface area (Å²) in [7, 11) is 0. The molecule has 0 unspecified atom stereocenters. The molecule has 1 aliphatic rings. The van der Waals surface area contributed by atoms with Crippen molar-refractivity contribution in [1.29, 1.82) is 5.41 Å². The highest BCUT2D eigenvalue weighted by molar-refractivity contribution is 5.94. The van der Waals surface area contributed by atoms with Crippen LogP contribution >= 0.6 is 0 Å². The van der Waals surface area contributed by atoms with Crippen LogP contribution in [-0.2, 0) is 6.54 Å². The maximum atomic E-state index is 9.00. The van der Waals surface area contributed by atoms with Gasteiger partial charge in [0, 0.05) is 31.7 Å². The molecule has 0 aliphatic carbocycles. The van der Waals surface area contributed by atoms with E-state index in [1.165, 1.54) is 5.56 Å². The molecule has 1 aromatic rings. The summed E-state index contributed by atoms with van der Waals surface area (Å²) in [5.74, 6) is 0.117. The van der Waals surface area contributed by atoms with E-state index in [0.717, 1.165) is 51.3 Å². The van der Waals surface area contributed by atoms with Crippen LogP contribution < -0.4 is 5.73 Å². The summed E-state index contributed by atoms with van der Waals surface area (Å²) in [6.07, 6.45) is 1.14. The Hall–Kier alpha value is -1.43. The van der Waals surface area contributed by atoms with Crippen LogP contribution in [0, 0.1) is 5.41 Å². The first-order chi connectivity index (χ1) is 9.69. The summed E-state index contributed by atoms with van der Waals surface area (Å²) in [6.45, 7) is 6.18. The Morgan fingerprint density at radius 2 is 1.75 bits per heavy atom. The molecule has 110 valence electrons. The van der Waals surface area contributed by atoms with Crippen molar-refractivity contribution in [1.82, 2.24) is 9.80 Å². The van der Waals surface area contributed by atoms with Crippen LogP contribution in [0.5, 0.6) is 0 Å². The van der Waals surface area contributed by atoms with Gasteiger partial charge in [0.2, 0.25) is 0 Å². The number of hydrogen-bond donors (Lipinski definition) is 3. The maximum absolute atomic E-state index is 9.00. The lowest BCUT2D eigenvalue weighted by Gasteiger charge is -2.21. The molecule has 1 aromatic carbocycles. The number of aliphatic hydroxyl groups is 1. The number of nitrogen functional groups attached to an aromatic ring is 1. The molecule has 4 N–H and O–H groups in total. The minimum atomic E-state index is 0.117. The van der Waals surface area contributed by atoms with E-state index in [2.05, 4.69) is 9.80 Å². The van der Waals surface area contributed by atoms with Gasteiger partial charge in [-0.25, -0.2) is 0 Å². The third-order valence-electron chi connectivity index (χ3n) is 3.77. The second kappa shape index (κ2) is 7.38. The predicted octanol–water partition coefficient (Wildman–Crippen LogP) is 0.471. The lowest BCUT2D eigenvalue weighted by atomic mass is 10.1. The van der Waals surface area contributed by atoms with E-state index in [4.69, 9.17) is 16.2 Å². The molecule has 1 fully saturated rings. The van der Waals surface area contributed by atoms with E-state index in [0.29, 0.717) is 0 Å². The Balaban J connectivity index is 1.88. The van der Waals surface area contributed by atoms with Gasteiger partial charge in [0.15, 0.2) is 0 Å². The van der Waals surface area contributed by atoms with Crippen molar-refractivity contribution < 1.29 is 5.11 Å². The summed E-state index contributed by atoms with van der Waals surface area (Å²) >= 11 is 0. The molecule has 0 aromatic heterocycles. The molecule has 20 heavy (non-hydrogen) atoms. The molecule has 1 aliphatic heterocycles. The normalized spacial score (nSPS) is 17.9. The van der Waals surface area contributed by atoms with Crippen molar-refractivity contribution >= 4 is 5.84 Å². The van der Waals surface area contributed by atoms with Gasteiger partial charge in [0.1, 0.15) is 5.84 Å². The average Bonchev–Trinajstić information content (AvgIpc) is 2.66. The van der Waals surface area contributed by atoms with Gasteiger partial charge < -0.3 is 10.8 Å². The molecule has 0 amide bonds. The van der Waals surface area contributed by atoms with E-state index in [-0.39, 0.29) is 12.4 Å². The largest absolute Gasteiger partial charge is 0.395 e. The van der Waals surface area contributed by atoms with Crippen molar-refractivity contribution in [3.05, 3.63) is 35.4 Å². The third-order valence-corrected chi connectivity index (χ3v) is 3.77. The third kappa shape index (κ3) is 4.30. The van der Waals surface area contributed by atoms with Crippen LogP contribution in [-0.4, -0.2) is 60.1 Å². The van der Waals surface area contributed by atoms with Crippen molar-refractivity contribution in [3.63, 3.8) is 0 Å². The summed E-state index contributed by atoms with van der Waals surface area (Å²) in [5, 5.41) is 16.4. The fourth-order valence-corrected chi connectivity index (χ4v) is 2.60. The van der Waals surface area contributed by atoms with Crippen LogP contribution in [0.4, 0.5) is 0 Å². The van der Waals surface area contributed by atoms with Gasteiger partial charge in [0.05, 0.1) is 6.61 Å².